The fourth-order valence-electron chi connectivity index (χ4n) is 1.33. The van der Waals surface area contributed by atoms with E-state index in [-0.39, 0.29) is 0 Å². The van der Waals surface area contributed by atoms with E-state index < -0.39 is 0 Å². The molecule has 1 heterocycles. The molecule has 0 bridgehead atoms. The number of nitrogens with two attached hydrogens (primary N) is 1. The summed E-state index contributed by atoms with van der Waals surface area (Å²) in [6, 6.07) is 0. The molecule has 0 saturated carbocycles. The molecule has 19 heavy (non-hydrogen) atoms. The number of nitrogens with zero attached hydrogens (tertiary/aromatic N) is 3. The van der Waals surface area contributed by atoms with Crippen molar-refractivity contribution in [1.82, 2.24) is 10.3 Å². The predicted octanol–water partition coefficient (Wildman–Crippen LogP) is 1.04. The third-order valence-electron chi connectivity index (χ3n) is 2.31. The van der Waals surface area contributed by atoms with Crippen LogP contribution in [-0.2, 0) is 11.3 Å². The van der Waals surface area contributed by atoms with Gasteiger partial charge in [0.2, 0.25) is 0 Å². The second-order valence-electron chi connectivity index (χ2n) is 4.19. The molecular formula is C12H23N5OS. The van der Waals surface area contributed by atoms with E-state index in [1.807, 2.05) is 31.3 Å². The Hall–Kier alpha value is -1.34. The van der Waals surface area contributed by atoms with Gasteiger partial charge in [-0.2, -0.15) is 0 Å². The Morgan fingerprint density at radius 2 is 2.37 bits per heavy atom. The Bertz CT molecular complexity index is 391. The second-order valence-corrected chi connectivity index (χ2v) is 5.03. The number of aromatic nitrogens is 1. The van der Waals surface area contributed by atoms with Gasteiger partial charge in [-0.1, -0.05) is 0 Å². The molecule has 0 fully saturated rings. The Labute approximate surface area is 118 Å². The molecule has 0 aliphatic rings. The second kappa shape index (κ2) is 8.71. The number of nitrogens with one attached hydrogen (secondary N) is 1. The lowest BCUT2D eigenvalue weighted by Gasteiger charge is -2.06. The zero-order chi connectivity index (χ0) is 14.1. The summed E-state index contributed by atoms with van der Waals surface area (Å²) in [6.07, 6.45) is 0.922. The van der Waals surface area contributed by atoms with Crippen LogP contribution in [-0.4, -0.2) is 44.8 Å². The first-order valence-electron chi connectivity index (χ1n) is 6.36. The van der Waals surface area contributed by atoms with Gasteiger partial charge < -0.3 is 20.7 Å². The van der Waals surface area contributed by atoms with E-state index in [2.05, 4.69) is 15.3 Å². The van der Waals surface area contributed by atoms with E-state index in [0.717, 1.165) is 37.0 Å². The van der Waals surface area contributed by atoms with Gasteiger partial charge in [0.25, 0.3) is 0 Å². The molecule has 6 nitrogen and oxygen atoms in total. The average molecular weight is 285 g/mol. The monoisotopic (exact) mass is 285 g/mol. The third kappa shape index (κ3) is 6.40. The molecule has 0 aliphatic heterocycles. The van der Waals surface area contributed by atoms with Crippen molar-refractivity contribution >= 4 is 22.4 Å². The normalized spacial score (nSPS) is 11.6. The molecule has 1 aromatic rings. The van der Waals surface area contributed by atoms with Crippen LogP contribution in [0.5, 0.6) is 0 Å². The van der Waals surface area contributed by atoms with Crippen molar-refractivity contribution in [2.24, 2.45) is 10.7 Å². The van der Waals surface area contributed by atoms with Crippen molar-refractivity contribution in [3.63, 3.8) is 0 Å². The molecule has 0 spiro atoms. The van der Waals surface area contributed by atoms with Gasteiger partial charge in [-0.15, -0.1) is 11.3 Å². The number of thiazole rings is 1. The maximum Gasteiger partial charge on any atom is 0.188 e. The Balaban J connectivity index is 2.26. The van der Waals surface area contributed by atoms with Gasteiger partial charge in [0.15, 0.2) is 11.1 Å². The SMILES string of the molecule is CCOCCCNC(N)=NCc1csc(N(C)C)n1. The molecule has 0 aliphatic carbocycles. The van der Waals surface area contributed by atoms with Crippen LogP contribution in [0, 0.1) is 0 Å². The molecule has 0 aromatic carbocycles. The number of hydrogen-bond donors (Lipinski definition) is 2. The van der Waals surface area contributed by atoms with Gasteiger partial charge in [0.1, 0.15) is 0 Å². The van der Waals surface area contributed by atoms with Crippen LogP contribution in [0.1, 0.15) is 19.0 Å². The van der Waals surface area contributed by atoms with Gasteiger partial charge >= 0.3 is 0 Å². The van der Waals surface area contributed by atoms with Crippen LogP contribution in [0.25, 0.3) is 0 Å². The van der Waals surface area contributed by atoms with Crippen LogP contribution in [0.2, 0.25) is 0 Å². The highest BCUT2D eigenvalue weighted by molar-refractivity contribution is 7.13. The summed E-state index contributed by atoms with van der Waals surface area (Å²) in [4.78, 5) is 10.7. The van der Waals surface area contributed by atoms with E-state index in [1.54, 1.807) is 11.3 Å². The average Bonchev–Trinajstić information content (AvgIpc) is 2.85. The minimum atomic E-state index is 0.455. The fraction of sp³-hybridized carbons (Fsp3) is 0.667. The number of ether oxygens (including phenoxy) is 1. The van der Waals surface area contributed by atoms with Crippen LogP contribution in [0.3, 0.4) is 0 Å². The van der Waals surface area contributed by atoms with Crippen LogP contribution in [0.15, 0.2) is 10.4 Å². The number of anilines is 1. The van der Waals surface area contributed by atoms with Gasteiger partial charge in [-0.3, -0.25) is 0 Å². The summed E-state index contributed by atoms with van der Waals surface area (Å²) in [5.74, 6) is 0.455. The van der Waals surface area contributed by atoms with E-state index >= 15 is 0 Å². The zero-order valence-corrected chi connectivity index (χ0v) is 12.7. The molecule has 108 valence electrons. The molecule has 0 atom stereocenters. The maximum atomic E-state index is 5.77. The number of rotatable bonds is 8. The highest BCUT2D eigenvalue weighted by atomic mass is 32.1. The third-order valence-corrected chi connectivity index (χ3v) is 3.37. The van der Waals surface area contributed by atoms with Crippen molar-refractivity contribution in [2.75, 3.05) is 38.8 Å². The Kier molecular flexibility index (Phi) is 7.20. The lowest BCUT2D eigenvalue weighted by molar-refractivity contribution is 0.145. The highest BCUT2D eigenvalue weighted by Crippen LogP contribution is 2.18. The molecule has 0 unspecified atom stereocenters. The van der Waals surface area contributed by atoms with Crippen molar-refractivity contribution in [3.05, 3.63) is 11.1 Å². The summed E-state index contributed by atoms with van der Waals surface area (Å²) in [5, 5.41) is 6.04. The molecule has 0 amide bonds. The van der Waals surface area contributed by atoms with Gasteiger partial charge in [0, 0.05) is 39.2 Å². The highest BCUT2D eigenvalue weighted by Gasteiger charge is 2.02. The quantitative estimate of drug-likeness (QED) is 0.424. The molecule has 1 rings (SSSR count). The Morgan fingerprint density at radius 1 is 1.58 bits per heavy atom. The first-order chi connectivity index (χ1) is 9.13. The topological polar surface area (TPSA) is 75.8 Å². The minimum Gasteiger partial charge on any atom is -0.382 e. The van der Waals surface area contributed by atoms with Crippen molar-refractivity contribution in [2.45, 2.75) is 19.9 Å². The van der Waals surface area contributed by atoms with Crippen LogP contribution >= 0.6 is 11.3 Å². The van der Waals surface area contributed by atoms with E-state index in [0.29, 0.717) is 12.5 Å². The summed E-state index contributed by atoms with van der Waals surface area (Å²) in [5.41, 5.74) is 6.70. The summed E-state index contributed by atoms with van der Waals surface area (Å²) in [6.45, 7) is 4.76. The lowest BCUT2D eigenvalue weighted by Crippen LogP contribution is -2.32. The first-order valence-corrected chi connectivity index (χ1v) is 7.24. The summed E-state index contributed by atoms with van der Waals surface area (Å²) >= 11 is 1.60. The summed E-state index contributed by atoms with van der Waals surface area (Å²) in [7, 11) is 3.94. The maximum absolute atomic E-state index is 5.77. The predicted molar refractivity (Wildman–Crippen MR) is 80.9 cm³/mol. The molecule has 1 aromatic heterocycles. The molecule has 0 saturated heterocycles. The van der Waals surface area contributed by atoms with Crippen LogP contribution in [0.4, 0.5) is 5.13 Å². The minimum absolute atomic E-state index is 0.455. The first kappa shape index (κ1) is 15.7. The lowest BCUT2D eigenvalue weighted by atomic mass is 10.4. The van der Waals surface area contributed by atoms with Gasteiger partial charge in [-0.25, -0.2) is 9.98 Å². The largest absolute Gasteiger partial charge is 0.382 e. The van der Waals surface area contributed by atoms with Crippen molar-refractivity contribution in [1.29, 1.82) is 0 Å². The number of hydrogen-bond acceptors (Lipinski definition) is 5. The Morgan fingerprint density at radius 3 is 3.00 bits per heavy atom. The number of guanidine groups is 1. The molecule has 3 N–H and O–H groups in total. The summed E-state index contributed by atoms with van der Waals surface area (Å²) < 4.78 is 5.24. The standard InChI is InChI=1S/C12H23N5OS/c1-4-18-7-5-6-14-11(13)15-8-10-9-19-12(16-10)17(2)3/h9H,4-8H2,1-3H3,(H3,13,14,15). The van der Waals surface area contributed by atoms with Gasteiger partial charge in [-0.05, 0) is 13.3 Å². The zero-order valence-electron chi connectivity index (χ0n) is 11.8. The van der Waals surface area contributed by atoms with Crippen LogP contribution < -0.4 is 16.0 Å². The van der Waals surface area contributed by atoms with E-state index in [4.69, 9.17) is 10.5 Å². The smallest absolute Gasteiger partial charge is 0.188 e. The van der Waals surface area contributed by atoms with E-state index in [9.17, 15) is 0 Å². The number of aliphatic imine (C=N–C) groups is 1. The van der Waals surface area contributed by atoms with E-state index in [1.165, 1.54) is 0 Å². The van der Waals surface area contributed by atoms with Crippen molar-refractivity contribution < 1.29 is 4.74 Å². The molecular weight excluding hydrogens is 262 g/mol. The van der Waals surface area contributed by atoms with Crippen molar-refractivity contribution in [3.8, 4) is 0 Å². The fourth-order valence-corrected chi connectivity index (χ4v) is 2.08. The molecule has 0 radical (unpaired) electrons. The molecule has 7 heteroatoms. The van der Waals surface area contributed by atoms with Gasteiger partial charge in [0.05, 0.1) is 12.2 Å².